The SMILES string of the molecule is O=C(NCc1ccc(COCc2ccccc2)cc1)C1CCCN1c1ncnc2sccc12. The summed E-state index contributed by atoms with van der Waals surface area (Å²) in [5, 5.41) is 6.15. The zero-order valence-corrected chi connectivity index (χ0v) is 19.1. The first-order chi connectivity index (χ1) is 16.3. The predicted octanol–water partition coefficient (Wildman–Crippen LogP) is 4.69. The first-order valence-corrected chi connectivity index (χ1v) is 12.1. The topological polar surface area (TPSA) is 67.3 Å². The highest BCUT2D eigenvalue weighted by Crippen LogP contribution is 2.31. The molecule has 1 saturated heterocycles. The Balaban J connectivity index is 1.15. The Morgan fingerprint density at radius 2 is 1.76 bits per heavy atom. The van der Waals surface area contributed by atoms with Gasteiger partial charge in [-0.25, -0.2) is 9.97 Å². The Kier molecular flexibility index (Phi) is 6.60. The number of carbonyl (C=O) groups excluding carboxylic acids is 1. The quantitative estimate of drug-likeness (QED) is 0.415. The zero-order chi connectivity index (χ0) is 22.5. The molecule has 1 fully saturated rings. The lowest BCUT2D eigenvalue weighted by molar-refractivity contribution is -0.122. The van der Waals surface area contributed by atoms with Gasteiger partial charge in [0.15, 0.2) is 0 Å². The number of fused-ring (bicyclic) bond motifs is 1. The molecule has 168 valence electrons. The average Bonchev–Trinajstić information content (AvgIpc) is 3.54. The van der Waals surface area contributed by atoms with E-state index >= 15 is 0 Å². The maximum Gasteiger partial charge on any atom is 0.243 e. The smallest absolute Gasteiger partial charge is 0.243 e. The summed E-state index contributed by atoms with van der Waals surface area (Å²) in [7, 11) is 0. The van der Waals surface area contributed by atoms with E-state index in [9.17, 15) is 4.79 Å². The molecule has 1 N–H and O–H groups in total. The molecule has 5 rings (SSSR count). The number of ether oxygens (including phenoxy) is 1. The van der Waals surface area contributed by atoms with E-state index in [1.807, 2.05) is 41.8 Å². The lowest BCUT2D eigenvalue weighted by Gasteiger charge is -2.25. The van der Waals surface area contributed by atoms with Crippen LogP contribution in [-0.4, -0.2) is 28.5 Å². The number of carbonyl (C=O) groups is 1. The summed E-state index contributed by atoms with van der Waals surface area (Å²) in [5.41, 5.74) is 3.35. The van der Waals surface area contributed by atoms with Crippen molar-refractivity contribution in [3.8, 4) is 0 Å². The van der Waals surface area contributed by atoms with E-state index in [0.717, 1.165) is 46.5 Å². The normalized spacial score (nSPS) is 15.8. The van der Waals surface area contributed by atoms with Crippen molar-refractivity contribution in [3.05, 3.63) is 89.1 Å². The van der Waals surface area contributed by atoms with Crippen molar-refractivity contribution in [1.29, 1.82) is 0 Å². The van der Waals surface area contributed by atoms with E-state index in [1.165, 1.54) is 5.56 Å². The van der Waals surface area contributed by atoms with Crippen molar-refractivity contribution in [2.24, 2.45) is 0 Å². The van der Waals surface area contributed by atoms with Gasteiger partial charge in [-0.05, 0) is 41.0 Å². The maximum atomic E-state index is 13.0. The van der Waals surface area contributed by atoms with Crippen molar-refractivity contribution in [1.82, 2.24) is 15.3 Å². The van der Waals surface area contributed by atoms with Crippen molar-refractivity contribution >= 4 is 33.3 Å². The van der Waals surface area contributed by atoms with Gasteiger partial charge in [-0.3, -0.25) is 4.79 Å². The summed E-state index contributed by atoms with van der Waals surface area (Å²) in [6.07, 6.45) is 3.40. The number of aromatic nitrogens is 2. The number of hydrogen-bond acceptors (Lipinski definition) is 6. The van der Waals surface area contributed by atoms with Crippen LogP contribution in [0.3, 0.4) is 0 Å². The summed E-state index contributed by atoms with van der Waals surface area (Å²) >= 11 is 1.59. The molecule has 1 aliphatic heterocycles. The van der Waals surface area contributed by atoms with Crippen LogP contribution in [0.25, 0.3) is 10.2 Å². The molecular formula is C26H26N4O2S. The van der Waals surface area contributed by atoms with E-state index in [4.69, 9.17) is 4.74 Å². The van der Waals surface area contributed by atoms with Crippen LogP contribution in [0.4, 0.5) is 5.82 Å². The minimum atomic E-state index is -0.200. The highest BCUT2D eigenvalue weighted by atomic mass is 32.1. The van der Waals surface area contributed by atoms with Gasteiger partial charge in [0, 0.05) is 13.1 Å². The van der Waals surface area contributed by atoms with E-state index in [1.54, 1.807) is 17.7 Å². The lowest BCUT2D eigenvalue weighted by Crippen LogP contribution is -2.43. The fourth-order valence-corrected chi connectivity index (χ4v) is 4.95. The second kappa shape index (κ2) is 10.1. The molecule has 0 saturated carbocycles. The van der Waals surface area contributed by atoms with E-state index in [2.05, 4.69) is 44.5 Å². The second-order valence-corrected chi connectivity index (χ2v) is 9.10. The number of hydrogen-bond donors (Lipinski definition) is 1. The van der Waals surface area contributed by atoms with Gasteiger partial charge in [0.05, 0.1) is 18.6 Å². The maximum absolute atomic E-state index is 13.0. The summed E-state index contributed by atoms with van der Waals surface area (Å²) in [6.45, 7) is 2.50. The highest BCUT2D eigenvalue weighted by molar-refractivity contribution is 7.16. The van der Waals surface area contributed by atoms with Crippen LogP contribution in [0.2, 0.25) is 0 Å². The molecule has 0 bridgehead atoms. The molecular weight excluding hydrogens is 432 g/mol. The molecule has 3 heterocycles. The van der Waals surface area contributed by atoms with E-state index < -0.39 is 0 Å². The van der Waals surface area contributed by atoms with Gasteiger partial charge in [-0.2, -0.15) is 0 Å². The van der Waals surface area contributed by atoms with Crippen LogP contribution in [0, 0.1) is 0 Å². The molecule has 1 aliphatic rings. The van der Waals surface area contributed by atoms with Crippen molar-refractivity contribution < 1.29 is 9.53 Å². The van der Waals surface area contributed by atoms with Gasteiger partial charge in [0.1, 0.15) is 23.0 Å². The van der Waals surface area contributed by atoms with Crippen LogP contribution in [0.5, 0.6) is 0 Å². The fraction of sp³-hybridized carbons (Fsp3) is 0.269. The second-order valence-electron chi connectivity index (χ2n) is 8.20. The molecule has 0 aliphatic carbocycles. The largest absolute Gasteiger partial charge is 0.372 e. The molecule has 7 heteroatoms. The number of nitrogens with one attached hydrogen (secondary N) is 1. The van der Waals surface area contributed by atoms with Crippen molar-refractivity contribution in [2.45, 2.75) is 38.6 Å². The number of anilines is 1. The average molecular weight is 459 g/mol. The zero-order valence-electron chi connectivity index (χ0n) is 18.3. The summed E-state index contributed by atoms with van der Waals surface area (Å²) in [5.74, 6) is 0.906. The Morgan fingerprint density at radius 1 is 1.00 bits per heavy atom. The predicted molar refractivity (Wildman–Crippen MR) is 131 cm³/mol. The van der Waals surface area contributed by atoms with Crippen LogP contribution < -0.4 is 10.2 Å². The molecule has 2 aromatic heterocycles. The monoisotopic (exact) mass is 458 g/mol. The molecule has 0 radical (unpaired) electrons. The van der Waals surface area contributed by atoms with Gasteiger partial charge in [0.25, 0.3) is 0 Å². The molecule has 1 unspecified atom stereocenters. The van der Waals surface area contributed by atoms with E-state index in [0.29, 0.717) is 19.8 Å². The number of rotatable bonds is 8. The first kappa shape index (κ1) is 21.6. The summed E-state index contributed by atoms with van der Waals surface area (Å²) < 4.78 is 5.80. The Bertz CT molecular complexity index is 1210. The lowest BCUT2D eigenvalue weighted by atomic mass is 10.1. The fourth-order valence-electron chi connectivity index (χ4n) is 4.22. The van der Waals surface area contributed by atoms with E-state index in [-0.39, 0.29) is 11.9 Å². The number of amides is 1. The molecule has 6 nitrogen and oxygen atoms in total. The van der Waals surface area contributed by atoms with Crippen molar-refractivity contribution in [3.63, 3.8) is 0 Å². The molecule has 1 amide bonds. The number of thiophene rings is 1. The molecule has 2 aromatic carbocycles. The summed E-state index contributed by atoms with van der Waals surface area (Å²) in [6, 6.07) is 20.2. The standard InChI is InChI=1S/C26H26N4O2S/c31-25(23-7-4-13-30(23)24-22-12-14-33-26(22)29-18-28-24)27-15-19-8-10-21(11-9-19)17-32-16-20-5-2-1-3-6-20/h1-3,5-6,8-12,14,18,23H,4,7,13,15-17H2,(H,27,31). The van der Waals surface area contributed by atoms with Gasteiger partial charge in [0.2, 0.25) is 5.91 Å². The Hall–Kier alpha value is -3.29. The first-order valence-electron chi connectivity index (χ1n) is 11.2. The number of nitrogens with zero attached hydrogens (tertiary/aromatic N) is 3. The third-order valence-corrected chi connectivity index (χ3v) is 6.76. The third kappa shape index (κ3) is 5.05. The highest BCUT2D eigenvalue weighted by Gasteiger charge is 2.32. The van der Waals surface area contributed by atoms with Gasteiger partial charge in [-0.15, -0.1) is 11.3 Å². The van der Waals surface area contributed by atoms with Crippen LogP contribution >= 0.6 is 11.3 Å². The Labute approximate surface area is 197 Å². The minimum Gasteiger partial charge on any atom is -0.372 e. The molecule has 4 aromatic rings. The van der Waals surface area contributed by atoms with Crippen LogP contribution in [-0.2, 0) is 29.3 Å². The van der Waals surface area contributed by atoms with Gasteiger partial charge in [-0.1, -0.05) is 54.6 Å². The Morgan fingerprint density at radius 3 is 2.58 bits per heavy atom. The third-order valence-electron chi connectivity index (χ3n) is 5.94. The molecule has 1 atom stereocenters. The van der Waals surface area contributed by atoms with Gasteiger partial charge >= 0.3 is 0 Å². The summed E-state index contributed by atoms with van der Waals surface area (Å²) in [4.78, 5) is 24.9. The number of benzene rings is 2. The van der Waals surface area contributed by atoms with Crippen molar-refractivity contribution in [2.75, 3.05) is 11.4 Å². The molecule has 0 spiro atoms. The minimum absolute atomic E-state index is 0.0461. The van der Waals surface area contributed by atoms with Crippen LogP contribution in [0.15, 0.2) is 72.4 Å². The van der Waals surface area contributed by atoms with Gasteiger partial charge < -0.3 is 15.0 Å². The van der Waals surface area contributed by atoms with Crippen LogP contribution in [0.1, 0.15) is 29.5 Å². The molecule has 33 heavy (non-hydrogen) atoms.